The molecule has 2 aliphatic heterocycles. The van der Waals surface area contributed by atoms with E-state index in [2.05, 4.69) is 18.0 Å². The van der Waals surface area contributed by atoms with Crippen molar-refractivity contribution in [2.24, 2.45) is 5.92 Å². The van der Waals surface area contributed by atoms with Crippen molar-refractivity contribution >= 4 is 5.97 Å². The van der Waals surface area contributed by atoms with Crippen LogP contribution in [0.3, 0.4) is 0 Å². The lowest BCUT2D eigenvalue weighted by Gasteiger charge is -2.56. The molecule has 2 aliphatic carbocycles. The van der Waals surface area contributed by atoms with Gasteiger partial charge < -0.3 is 25.0 Å². The van der Waals surface area contributed by atoms with Gasteiger partial charge in [0.1, 0.15) is 12.2 Å². The van der Waals surface area contributed by atoms with Crippen LogP contribution >= 0.6 is 0 Å². The molecule has 1 aromatic carbocycles. The van der Waals surface area contributed by atoms with Crippen LogP contribution in [-0.4, -0.2) is 58.0 Å². The third-order valence-electron chi connectivity index (χ3n) is 6.89. The number of carboxylic acids is 1. The van der Waals surface area contributed by atoms with Crippen LogP contribution in [0.1, 0.15) is 43.7 Å². The molecule has 6 nitrogen and oxygen atoms in total. The summed E-state index contributed by atoms with van der Waals surface area (Å²) in [6.07, 6.45) is 7.26. The molecule has 4 aliphatic rings. The average Bonchev–Trinajstić information content (AvgIpc) is 3.03. The Kier molecular flexibility index (Phi) is 4.88. The standard InChI is InChI=1S/C17H19NO3.C5H10O2/c1-18-7-6-17-10-3-5-13(20)16(17)21-15-12(19)4-2-9(14(15)17)8-11(10)18;1-2-3-4-5(6)7/h2-5,10-11,13,16,19-20H,6-8H2,1H3;2-4H2,1H3,(H,6,7)/t10-,11+,13-,16-,17-;/m0./s1. The molecule has 3 N–H and O–H groups in total. The summed E-state index contributed by atoms with van der Waals surface area (Å²) in [6, 6.07) is 4.23. The second-order valence-electron chi connectivity index (χ2n) is 8.43. The fourth-order valence-corrected chi connectivity index (χ4v) is 5.57. The van der Waals surface area contributed by atoms with E-state index in [1.54, 1.807) is 6.07 Å². The first kappa shape index (κ1) is 19.3. The highest BCUT2D eigenvalue weighted by atomic mass is 16.5. The maximum Gasteiger partial charge on any atom is 0.303 e. The monoisotopic (exact) mass is 387 g/mol. The van der Waals surface area contributed by atoms with Crippen LogP contribution in [-0.2, 0) is 16.6 Å². The Morgan fingerprint density at radius 2 is 2.14 bits per heavy atom. The molecular weight excluding hydrogens is 358 g/mol. The molecule has 0 radical (unpaired) electrons. The van der Waals surface area contributed by atoms with Gasteiger partial charge in [0.15, 0.2) is 11.5 Å². The molecule has 0 aromatic heterocycles. The average molecular weight is 387 g/mol. The molecule has 0 amide bonds. The maximum atomic E-state index is 10.4. The van der Waals surface area contributed by atoms with Crippen molar-refractivity contribution < 1.29 is 24.9 Å². The van der Waals surface area contributed by atoms with Crippen LogP contribution in [0.25, 0.3) is 0 Å². The van der Waals surface area contributed by atoms with Crippen molar-refractivity contribution in [2.75, 3.05) is 13.6 Å². The fraction of sp³-hybridized carbons (Fsp3) is 0.591. The van der Waals surface area contributed by atoms with Crippen molar-refractivity contribution in [2.45, 2.75) is 62.7 Å². The number of hydrogen-bond donors (Lipinski definition) is 3. The Balaban J connectivity index is 0.000000239. The van der Waals surface area contributed by atoms with Gasteiger partial charge in [-0.05, 0) is 44.5 Å². The van der Waals surface area contributed by atoms with E-state index >= 15 is 0 Å². The van der Waals surface area contributed by atoms with E-state index in [9.17, 15) is 15.0 Å². The molecule has 6 heteroatoms. The number of benzene rings is 1. The van der Waals surface area contributed by atoms with E-state index in [-0.39, 0.29) is 17.3 Å². The fourth-order valence-electron chi connectivity index (χ4n) is 5.57. The number of phenols is 1. The smallest absolute Gasteiger partial charge is 0.303 e. The first-order chi connectivity index (χ1) is 13.4. The number of aromatic hydroxyl groups is 1. The van der Waals surface area contributed by atoms with Crippen molar-refractivity contribution in [3.8, 4) is 11.5 Å². The number of aliphatic carboxylic acids is 1. The first-order valence-electron chi connectivity index (χ1n) is 10.2. The number of hydrogen-bond acceptors (Lipinski definition) is 5. The molecule has 1 spiro atoms. The first-order valence-corrected chi connectivity index (χ1v) is 10.2. The number of carboxylic acid groups (broad SMARTS) is 1. The number of aliphatic hydroxyl groups is 1. The van der Waals surface area contributed by atoms with E-state index < -0.39 is 12.1 Å². The minimum atomic E-state index is -0.693. The van der Waals surface area contributed by atoms with Crippen LogP contribution in [0.15, 0.2) is 24.3 Å². The van der Waals surface area contributed by atoms with E-state index in [1.165, 1.54) is 11.1 Å². The lowest BCUT2D eigenvalue weighted by molar-refractivity contribution is -0.137. The van der Waals surface area contributed by atoms with Crippen LogP contribution in [0.2, 0.25) is 0 Å². The van der Waals surface area contributed by atoms with Crippen molar-refractivity contribution in [3.63, 3.8) is 0 Å². The normalized spacial score (nSPS) is 34.1. The van der Waals surface area contributed by atoms with Gasteiger partial charge in [0.05, 0.1) is 0 Å². The molecule has 5 atom stereocenters. The number of phenolic OH excluding ortho intramolecular Hbond substituents is 1. The zero-order valence-electron chi connectivity index (χ0n) is 16.5. The van der Waals surface area contributed by atoms with Gasteiger partial charge >= 0.3 is 5.97 Å². The number of piperidine rings is 1. The highest BCUT2D eigenvalue weighted by Gasteiger charge is 2.64. The zero-order chi connectivity index (χ0) is 20.1. The summed E-state index contributed by atoms with van der Waals surface area (Å²) < 4.78 is 6.09. The highest BCUT2D eigenvalue weighted by molar-refractivity contribution is 5.66. The molecule has 2 heterocycles. The Labute approximate surface area is 165 Å². The predicted octanol–water partition coefficient (Wildman–Crippen LogP) is 2.46. The minimum Gasteiger partial charge on any atom is -0.504 e. The van der Waals surface area contributed by atoms with E-state index in [1.807, 2.05) is 19.1 Å². The van der Waals surface area contributed by atoms with E-state index in [0.29, 0.717) is 24.1 Å². The Morgan fingerprint density at radius 3 is 2.82 bits per heavy atom. The predicted molar refractivity (Wildman–Crippen MR) is 105 cm³/mol. The lowest BCUT2D eigenvalue weighted by Crippen LogP contribution is -2.64. The van der Waals surface area contributed by atoms with Crippen LogP contribution in [0.5, 0.6) is 11.5 Å². The summed E-state index contributed by atoms with van der Waals surface area (Å²) >= 11 is 0. The molecule has 1 fully saturated rings. The molecule has 28 heavy (non-hydrogen) atoms. The Bertz CT molecular complexity index is 806. The Morgan fingerprint density at radius 1 is 1.36 bits per heavy atom. The summed E-state index contributed by atoms with van der Waals surface area (Å²) in [7, 11) is 2.19. The van der Waals surface area contributed by atoms with Crippen LogP contribution in [0.4, 0.5) is 0 Å². The molecule has 1 saturated heterocycles. The van der Waals surface area contributed by atoms with Crippen LogP contribution in [0, 0.1) is 5.92 Å². The van der Waals surface area contributed by atoms with Crippen molar-refractivity contribution in [3.05, 3.63) is 35.4 Å². The SMILES string of the molecule is CCCCC(=O)O.CN1CC[C@]23c4c5ccc(O)c4O[C@H]2[C@@H](O)C=C[C@H]3[C@H]1C5. The van der Waals surface area contributed by atoms with E-state index in [0.717, 1.165) is 32.2 Å². The number of ether oxygens (including phenoxy) is 1. The van der Waals surface area contributed by atoms with Gasteiger partial charge in [-0.25, -0.2) is 0 Å². The summed E-state index contributed by atoms with van der Waals surface area (Å²) in [6.45, 7) is 2.99. The molecule has 152 valence electrons. The molecule has 0 saturated carbocycles. The summed E-state index contributed by atoms with van der Waals surface area (Å²) in [4.78, 5) is 12.2. The van der Waals surface area contributed by atoms with Gasteiger partial charge in [-0.15, -0.1) is 0 Å². The number of likely N-dealkylation sites (N-methyl/N-ethyl adjacent to an activating group) is 1. The van der Waals surface area contributed by atoms with Gasteiger partial charge in [0.2, 0.25) is 0 Å². The molecule has 0 unspecified atom stereocenters. The van der Waals surface area contributed by atoms with Crippen LogP contribution < -0.4 is 4.74 Å². The number of likely N-dealkylation sites (tertiary alicyclic amines) is 1. The molecular formula is C22H29NO5. The van der Waals surface area contributed by atoms with Gasteiger partial charge in [0, 0.05) is 29.4 Å². The van der Waals surface area contributed by atoms with E-state index in [4.69, 9.17) is 9.84 Å². The number of aliphatic hydroxyl groups excluding tert-OH is 1. The number of rotatable bonds is 3. The topological polar surface area (TPSA) is 90.2 Å². The summed E-state index contributed by atoms with van der Waals surface area (Å²) in [5.41, 5.74) is 2.29. The van der Waals surface area contributed by atoms with Gasteiger partial charge in [-0.2, -0.15) is 0 Å². The maximum absolute atomic E-state index is 10.4. The molecule has 2 bridgehead atoms. The minimum absolute atomic E-state index is 0.160. The Hall–Kier alpha value is -2.05. The number of nitrogens with zero attached hydrogens (tertiary/aromatic N) is 1. The number of unbranched alkanes of at least 4 members (excludes halogenated alkanes) is 1. The third kappa shape index (κ3) is 2.73. The highest BCUT2D eigenvalue weighted by Crippen LogP contribution is 2.62. The summed E-state index contributed by atoms with van der Waals surface area (Å²) in [5.74, 6) is 0.496. The van der Waals surface area contributed by atoms with Gasteiger partial charge in [-0.1, -0.05) is 31.6 Å². The lowest BCUT2D eigenvalue weighted by atomic mass is 9.53. The molecule has 1 aromatic rings. The second kappa shape index (κ2) is 7.08. The summed E-state index contributed by atoms with van der Waals surface area (Å²) in [5, 5.41) is 28.7. The number of carbonyl (C=O) groups is 1. The van der Waals surface area contributed by atoms with Crippen molar-refractivity contribution in [1.82, 2.24) is 4.90 Å². The quantitative estimate of drug-likeness (QED) is 0.691. The zero-order valence-corrected chi connectivity index (χ0v) is 16.5. The van der Waals surface area contributed by atoms with Gasteiger partial charge in [-0.3, -0.25) is 4.79 Å². The van der Waals surface area contributed by atoms with Gasteiger partial charge in [0.25, 0.3) is 0 Å². The molecule has 5 rings (SSSR count). The van der Waals surface area contributed by atoms with Crippen molar-refractivity contribution in [1.29, 1.82) is 0 Å². The third-order valence-corrected chi connectivity index (χ3v) is 6.89. The second-order valence-corrected chi connectivity index (χ2v) is 8.43. The largest absolute Gasteiger partial charge is 0.504 e.